The summed E-state index contributed by atoms with van der Waals surface area (Å²) in [5.74, 6) is 0.138. The Morgan fingerprint density at radius 3 is 2.40 bits per heavy atom. The highest BCUT2D eigenvalue weighted by molar-refractivity contribution is 7.90. The molecule has 3 aromatic rings. The number of rotatable bonds is 7. The summed E-state index contributed by atoms with van der Waals surface area (Å²) in [5.41, 5.74) is 1.92. The molecule has 2 aliphatic rings. The number of carbonyl (C=O) groups is 1. The Balaban J connectivity index is 1.50. The Bertz CT molecular complexity index is 1330. The maximum atomic E-state index is 13.7. The number of aromatic nitrogens is 2. The molecule has 1 fully saturated rings. The molecule has 35 heavy (non-hydrogen) atoms. The van der Waals surface area contributed by atoms with Crippen LogP contribution in [0, 0.1) is 0 Å². The summed E-state index contributed by atoms with van der Waals surface area (Å²) < 4.78 is 26.2. The van der Waals surface area contributed by atoms with Crippen LogP contribution in [0.15, 0.2) is 66.0 Å². The van der Waals surface area contributed by atoms with E-state index in [0.29, 0.717) is 40.7 Å². The highest BCUT2D eigenvalue weighted by atomic mass is 35.5. The highest BCUT2D eigenvalue weighted by Gasteiger charge is 2.35. The van der Waals surface area contributed by atoms with E-state index in [4.69, 9.17) is 11.6 Å². The number of amides is 2. The monoisotopic (exact) mass is 511 g/mol. The molecule has 3 heterocycles. The Morgan fingerprint density at radius 2 is 1.66 bits per heavy atom. The van der Waals surface area contributed by atoms with Crippen LogP contribution in [0.4, 0.5) is 16.3 Å². The van der Waals surface area contributed by atoms with Crippen molar-refractivity contribution in [3.63, 3.8) is 0 Å². The lowest BCUT2D eigenvalue weighted by Gasteiger charge is -2.37. The topological polar surface area (TPSA) is 86.7 Å². The van der Waals surface area contributed by atoms with E-state index in [1.807, 2.05) is 18.2 Å². The third-order valence-electron chi connectivity index (χ3n) is 6.32. The lowest BCUT2D eigenvalue weighted by Crippen LogP contribution is -2.50. The number of nitrogens with zero attached hydrogens (tertiary/aromatic N) is 5. The lowest BCUT2D eigenvalue weighted by molar-refractivity contribution is 0.248. The fraction of sp³-hybridized carbons (Fsp3) is 0.320. The van der Waals surface area contributed by atoms with Crippen LogP contribution >= 0.6 is 11.6 Å². The van der Waals surface area contributed by atoms with E-state index in [1.54, 1.807) is 46.2 Å². The standard InChI is InChI=1S/C25H26ClN5O3S/c26-21-10-4-5-11-22(21)31-17-20-16-27-24(35(33,34)18-19-8-2-1-3-9-19)28-23(20)30(25(31)32)15-14-29-12-6-7-13-29/h1-5,8-11,16H,6-7,12-15,17-18H2. The van der Waals surface area contributed by atoms with Crippen LogP contribution in [-0.4, -0.2) is 55.5 Å². The summed E-state index contributed by atoms with van der Waals surface area (Å²) in [7, 11) is -3.80. The smallest absolute Gasteiger partial charge is 0.302 e. The number of hydrogen-bond donors (Lipinski definition) is 0. The van der Waals surface area contributed by atoms with Crippen molar-refractivity contribution in [1.29, 1.82) is 0 Å². The number of hydrogen-bond acceptors (Lipinski definition) is 6. The van der Waals surface area contributed by atoms with Gasteiger partial charge in [0.1, 0.15) is 5.82 Å². The largest absolute Gasteiger partial charge is 0.330 e. The molecule has 2 amide bonds. The van der Waals surface area contributed by atoms with Crippen LogP contribution in [0.2, 0.25) is 5.02 Å². The third-order valence-corrected chi connectivity index (χ3v) is 8.11. The van der Waals surface area contributed by atoms with Gasteiger partial charge in [0.25, 0.3) is 0 Å². The van der Waals surface area contributed by atoms with Gasteiger partial charge in [-0.25, -0.2) is 23.2 Å². The van der Waals surface area contributed by atoms with Gasteiger partial charge in [-0.05, 0) is 43.6 Å². The van der Waals surface area contributed by atoms with Crippen molar-refractivity contribution in [3.8, 4) is 0 Å². The highest BCUT2D eigenvalue weighted by Crippen LogP contribution is 2.34. The molecule has 1 aromatic heterocycles. The quantitative estimate of drug-likeness (QED) is 0.443. The predicted octanol–water partition coefficient (Wildman–Crippen LogP) is 4.15. The first kappa shape index (κ1) is 23.7. The number of carbonyl (C=O) groups excluding carboxylic acids is 1. The van der Waals surface area contributed by atoms with Gasteiger partial charge in [-0.3, -0.25) is 9.80 Å². The second kappa shape index (κ2) is 9.93. The van der Waals surface area contributed by atoms with E-state index < -0.39 is 9.84 Å². The van der Waals surface area contributed by atoms with Crippen molar-refractivity contribution in [2.75, 3.05) is 36.0 Å². The van der Waals surface area contributed by atoms with Crippen LogP contribution in [0.25, 0.3) is 0 Å². The first-order valence-electron chi connectivity index (χ1n) is 11.6. The number of fused-ring (bicyclic) bond motifs is 1. The predicted molar refractivity (Wildman–Crippen MR) is 135 cm³/mol. The van der Waals surface area contributed by atoms with Gasteiger partial charge in [-0.2, -0.15) is 0 Å². The van der Waals surface area contributed by atoms with Gasteiger partial charge in [0.15, 0.2) is 0 Å². The molecule has 0 aliphatic carbocycles. The van der Waals surface area contributed by atoms with Gasteiger partial charge < -0.3 is 4.90 Å². The van der Waals surface area contributed by atoms with E-state index in [1.165, 1.54) is 6.20 Å². The van der Waals surface area contributed by atoms with E-state index in [0.717, 1.165) is 25.9 Å². The average Bonchev–Trinajstić information content (AvgIpc) is 3.37. The van der Waals surface area contributed by atoms with Gasteiger partial charge in [-0.15, -0.1) is 0 Å². The molecule has 0 unspecified atom stereocenters. The molecule has 0 atom stereocenters. The molecular weight excluding hydrogens is 486 g/mol. The van der Waals surface area contributed by atoms with Crippen molar-refractivity contribution < 1.29 is 13.2 Å². The van der Waals surface area contributed by atoms with Crippen molar-refractivity contribution in [2.24, 2.45) is 0 Å². The Kier molecular flexibility index (Phi) is 6.73. The molecule has 0 radical (unpaired) electrons. The number of likely N-dealkylation sites (tertiary alicyclic amines) is 1. The number of para-hydroxylation sites is 1. The molecule has 2 aliphatic heterocycles. The maximum absolute atomic E-state index is 13.7. The zero-order chi connectivity index (χ0) is 24.4. The fourth-order valence-electron chi connectivity index (χ4n) is 4.52. The summed E-state index contributed by atoms with van der Waals surface area (Å²) >= 11 is 6.41. The van der Waals surface area contributed by atoms with Crippen LogP contribution in [0.3, 0.4) is 0 Å². The first-order chi connectivity index (χ1) is 16.9. The molecule has 1 saturated heterocycles. The number of sulfone groups is 1. The fourth-order valence-corrected chi connectivity index (χ4v) is 5.95. The Labute approximate surface area is 210 Å². The van der Waals surface area contributed by atoms with E-state index in [2.05, 4.69) is 14.9 Å². The molecular formula is C25H26ClN5O3S. The summed E-state index contributed by atoms with van der Waals surface area (Å²) in [4.78, 5) is 27.8. The lowest BCUT2D eigenvalue weighted by atomic mass is 10.2. The van der Waals surface area contributed by atoms with Crippen molar-refractivity contribution in [1.82, 2.24) is 14.9 Å². The van der Waals surface area contributed by atoms with Crippen molar-refractivity contribution in [3.05, 3.63) is 76.9 Å². The van der Waals surface area contributed by atoms with Gasteiger partial charge in [0.05, 0.1) is 23.0 Å². The summed E-state index contributed by atoms with van der Waals surface area (Å²) in [6.45, 7) is 3.25. The molecule has 10 heteroatoms. The number of halogens is 1. The molecule has 182 valence electrons. The van der Waals surface area contributed by atoms with Crippen LogP contribution in [0.5, 0.6) is 0 Å². The number of urea groups is 1. The van der Waals surface area contributed by atoms with E-state index in [-0.39, 0.29) is 23.5 Å². The van der Waals surface area contributed by atoms with Crippen LogP contribution in [-0.2, 0) is 22.1 Å². The van der Waals surface area contributed by atoms with E-state index in [9.17, 15) is 13.2 Å². The zero-order valence-electron chi connectivity index (χ0n) is 19.2. The van der Waals surface area contributed by atoms with Gasteiger partial charge in [-0.1, -0.05) is 54.1 Å². The summed E-state index contributed by atoms with van der Waals surface area (Å²) in [6.07, 6.45) is 3.79. The Morgan fingerprint density at radius 1 is 0.943 bits per heavy atom. The maximum Gasteiger partial charge on any atom is 0.330 e. The summed E-state index contributed by atoms with van der Waals surface area (Å²) in [6, 6.07) is 15.8. The SMILES string of the molecule is O=C1N(c2ccccc2Cl)Cc2cnc(S(=O)(=O)Cc3ccccc3)nc2N1CCN1CCCC1. The minimum absolute atomic E-state index is 0.205. The van der Waals surface area contributed by atoms with Gasteiger partial charge in [0, 0.05) is 24.8 Å². The average molecular weight is 512 g/mol. The zero-order valence-corrected chi connectivity index (χ0v) is 20.7. The van der Waals surface area contributed by atoms with E-state index >= 15 is 0 Å². The van der Waals surface area contributed by atoms with Gasteiger partial charge in [0.2, 0.25) is 15.0 Å². The normalized spacial score (nSPS) is 16.5. The Hall–Kier alpha value is -3.01. The minimum Gasteiger partial charge on any atom is -0.302 e. The van der Waals surface area contributed by atoms with Crippen molar-refractivity contribution >= 4 is 39.0 Å². The number of anilines is 2. The van der Waals surface area contributed by atoms with Crippen LogP contribution < -0.4 is 9.80 Å². The van der Waals surface area contributed by atoms with Crippen LogP contribution in [0.1, 0.15) is 24.0 Å². The molecule has 5 rings (SSSR count). The molecule has 2 aromatic carbocycles. The summed E-state index contributed by atoms with van der Waals surface area (Å²) in [5, 5.41) is 0.192. The second-order valence-corrected chi connectivity index (χ2v) is 11.1. The molecule has 0 spiro atoms. The van der Waals surface area contributed by atoms with Gasteiger partial charge >= 0.3 is 6.03 Å². The van der Waals surface area contributed by atoms with Crippen molar-refractivity contribution in [2.45, 2.75) is 30.3 Å². The molecule has 0 N–H and O–H groups in total. The first-order valence-corrected chi connectivity index (χ1v) is 13.6. The number of benzene rings is 2. The molecule has 0 bridgehead atoms. The molecule has 8 nitrogen and oxygen atoms in total. The third kappa shape index (κ3) is 5.03. The minimum atomic E-state index is -3.80. The second-order valence-electron chi connectivity index (χ2n) is 8.77. The molecule has 0 saturated carbocycles.